The molecule has 0 aromatic heterocycles. The molecule has 1 rings (SSSR count). The van der Waals surface area contributed by atoms with Crippen LogP contribution in [0.25, 0.3) is 0 Å². The Morgan fingerprint density at radius 2 is 1.89 bits per heavy atom. The molecule has 0 spiro atoms. The predicted octanol–water partition coefficient (Wildman–Crippen LogP) is 2.29. The van der Waals surface area contributed by atoms with E-state index in [1.807, 2.05) is 20.8 Å². The average molecular weight is 288 g/mol. The summed E-state index contributed by atoms with van der Waals surface area (Å²) in [7, 11) is -3.73. The van der Waals surface area contributed by atoms with Crippen LogP contribution in [0.3, 0.4) is 0 Å². The zero-order chi connectivity index (χ0) is 14.8. The molecule has 0 saturated heterocycles. The summed E-state index contributed by atoms with van der Waals surface area (Å²) in [6.07, 6.45) is 0. The molecule has 0 fully saturated rings. The summed E-state index contributed by atoms with van der Waals surface area (Å²) >= 11 is 0. The number of sulfonamides is 1. The monoisotopic (exact) mass is 288 g/mol. The lowest BCUT2D eigenvalue weighted by Crippen LogP contribution is -2.30. The van der Waals surface area contributed by atoms with Crippen molar-refractivity contribution in [3.05, 3.63) is 23.5 Å². The van der Waals surface area contributed by atoms with Crippen molar-refractivity contribution >= 4 is 15.7 Å². The molecule has 0 saturated carbocycles. The Kier molecular flexibility index (Phi) is 4.92. The molecule has 3 N–H and O–H groups in total. The van der Waals surface area contributed by atoms with Gasteiger partial charge in [-0.25, -0.2) is 17.5 Å². The van der Waals surface area contributed by atoms with Crippen LogP contribution in [0, 0.1) is 24.6 Å². The van der Waals surface area contributed by atoms with Crippen molar-refractivity contribution in [2.24, 2.45) is 11.8 Å². The quantitative estimate of drug-likeness (QED) is 0.817. The van der Waals surface area contributed by atoms with Gasteiger partial charge in [0.15, 0.2) is 0 Å². The predicted molar refractivity (Wildman–Crippen MR) is 74.7 cm³/mol. The Labute approximate surface area is 114 Å². The van der Waals surface area contributed by atoms with E-state index in [1.165, 1.54) is 13.0 Å². The second kappa shape index (κ2) is 5.88. The van der Waals surface area contributed by atoms with E-state index in [0.29, 0.717) is 12.5 Å². The summed E-state index contributed by atoms with van der Waals surface area (Å²) < 4.78 is 40.3. The minimum absolute atomic E-state index is 0.0823. The Morgan fingerprint density at radius 1 is 1.32 bits per heavy atom. The number of hydrogen-bond acceptors (Lipinski definition) is 3. The molecule has 0 aliphatic carbocycles. The number of nitrogens with two attached hydrogens (primary N) is 1. The zero-order valence-electron chi connectivity index (χ0n) is 11.7. The molecule has 1 atom stereocenters. The van der Waals surface area contributed by atoms with E-state index in [0.717, 1.165) is 6.07 Å². The maximum atomic E-state index is 13.5. The molecule has 0 radical (unpaired) electrons. The molecule has 6 heteroatoms. The van der Waals surface area contributed by atoms with Gasteiger partial charge in [-0.1, -0.05) is 20.8 Å². The molecule has 0 aliphatic heterocycles. The molecule has 108 valence electrons. The number of anilines is 1. The van der Waals surface area contributed by atoms with E-state index in [4.69, 9.17) is 5.73 Å². The number of nitrogen functional groups attached to an aromatic ring is 1. The van der Waals surface area contributed by atoms with E-state index in [1.54, 1.807) is 0 Å². The highest BCUT2D eigenvalue weighted by molar-refractivity contribution is 7.89. The molecule has 0 bridgehead atoms. The SMILES string of the molecule is Cc1c(F)cc(N)cc1S(=O)(=O)NCC(C)C(C)C. The van der Waals surface area contributed by atoms with Gasteiger partial charge in [0.05, 0.1) is 4.90 Å². The van der Waals surface area contributed by atoms with Crippen molar-refractivity contribution in [1.29, 1.82) is 0 Å². The largest absolute Gasteiger partial charge is 0.399 e. The van der Waals surface area contributed by atoms with Gasteiger partial charge in [-0.05, 0) is 30.9 Å². The highest BCUT2D eigenvalue weighted by atomic mass is 32.2. The summed E-state index contributed by atoms with van der Waals surface area (Å²) in [6.45, 7) is 7.74. The van der Waals surface area contributed by atoms with E-state index in [-0.39, 0.29) is 22.1 Å². The van der Waals surface area contributed by atoms with Crippen LogP contribution in [-0.4, -0.2) is 15.0 Å². The Bertz CT molecular complexity index is 556. The lowest BCUT2D eigenvalue weighted by Gasteiger charge is -2.17. The number of nitrogens with one attached hydrogen (secondary N) is 1. The standard InChI is InChI=1S/C13H21FN2O2S/c1-8(2)9(3)7-16-19(17,18)13-6-11(15)5-12(14)10(13)4/h5-6,8-9,16H,7,15H2,1-4H3. The summed E-state index contributed by atoms with van der Waals surface area (Å²) in [5, 5.41) is 0. The molecular formula is C13H21FN2O2S. The van der Waals surface area contributed by atoms with Crippen LogP contribution in [0.4, 0.5) is 10.1 Å². The first-order valence-electron chi connectivity index (χ1n) is 6.20. The van der Waals surface area contributed by atoms with Crippen molar-refractivity contribution in [2.75, 3.05) is 12.3 Å². The molecule has 1 aromatic rings. The fourth-order valence-corrected chi connectivity index (χ4v) is 2.94. The van der Waals surface area contributed by atoms with Crippen molar-refractivity contribution in [2.45, 2.75) is 32.6 Å². The maximum Gasteiger partial charge on any atom is 0.241 e. The van der Waals surface area contributed by atoms with Crippen molar-refractivity contribution in [3.63, 3.8) is 0 Å². The number of rotatable bonds is 5. The third kappa shape index (κ3) is 3.91. The second-order valence-electron chi connectivity index (χ2n) is 5.20. The first-order chi connectivity index (χ1) is 8.65. The molecular weight excluding hydrogens is 267 g/mol. The first kappa shape index (κ1) is 15.9. The van der Waals surface area contributed by atoms with Crippen molar-refractivity contribution in [1.82, 2.24) is 4.72 Å². The second-order valence-corrected chi connectivity index (χ2v) is 6.93. The minimum atomic E-state index is -3.73. The fourth-order valence-electron chi connectivity index (χ4n) is 1.51. The van der Waals surface area contributed by atoms with Gasteiger partial charge in [-0.3, -0.25) is 0 Å². The fraction of sp³-hybridized carbons (Fsp3) is 0.538. The van der Waals surface area contributed by atoms with E-state index < -0.39 is 15.8 Å². The Morgan fingerprint density at radius 3 is 2.42 bits per heavy atom. The third-order valence-corrected chi connectivity index (χ3v) is 4.89. The Balaban J connectivity index is 3.01. The van der Waals surface area contributed by atoms with Gasteiger partial charge < -0.3 is 5.73 Å². The molecule has 0 aliphatic rings. The van der Waals surface area contributed by atoms with Gasteiger partial charge in [0.2, 0.25) is 10.0 Å². The van der Waals surface area contributed by atoms with Gasteiger partial charge in [0, 0.05) is 17.8 Å². The minimum Gasteiger partial charge on any atom is -0.399 e. The smallest absolute Gasteiger partial charge is 0.241 e. The van der Waals surface area contributed by atoms with Gasteiger partial charge in [-0.15, -0.1) is 0 Å². The number of halogens is 1. The topological polar surface area (TPSA) is 72.2 Å². The highest BCUT2D eigenvalue weighted by Crippen LogP contribution is 2.22. The molecule has 0 heterocycles. The third-order valence-electron chi connectivity index (χ3n) is 3.34. The van der Waals surface area contributed by atoms with Crippen LogP contribution in [0.15, 0.2) is 17.0 Å². The molecule has 4 nitrogen and oxygen atoms in total. The lowest BCUT2D eigenvalue weighted by molar-refractivity contribution is 0.414. The Hall–Kier alpha value is -1.14. The van der Waals surface area contributed by atoms with Crippen LogP contribution in [0.5, 0.6) is 0 Å². The van der Waals surface area contributed by atoms with Crippen LogP contribution in [-0.2, 0) is 10.0 Å². The van der Waals surface area contributed by atoms with Crippen LogP contribution in [0.2, 0.25) is 0 Å². The lowest BCUT2D eigenvalue weighted by atomic mass is 9.99. The summed E-state index contributed by atoms with van der Waals surface area (Å²) in [4.78, 5) is -0.0963. The van der Waals surface area contributed by atoms with Crippen LogP contribution < -0.4 is 10.5 Å². The molecule has 0 amide bonds. The van der Waals surface area contributed by atoms with Gasteiger partial charge in [0.25, 0.3) is 0 Å². The van der Waals surface area contributed by atoms with Crippen molar-refractivity contribution < 1.29 is 12.8 Å². The summed E-state index contributed by atoms with van der Waals surface area (Å²) in [5.74, 6) is -0.0559. The first-order valence-corrected chi connectivity index (χ1v) is 7.68. The molecule has 19 heavy (non-hydrogen) atoms. The van der Waals surface area contributed by atoms with Crippen LogP contribution in [0.1, 0.15) is 26.3 Å². The van der Waals surface area contributed by atoms with E-state index >= 15 is 0 Å². The number of benzene rings is 1. The number of hydrogen-bond donors (Lipinski definition) is 2. The highest BCUT2D eigenvalue weighted by Gasteiger charge is 2.21. The van der Waals surface area contributed by atoms with Gasteiger partial charge in [0.1, 0.15) is 5.82 Å². The maximum absolute atomic E-state index is 13.5. The average Bonchev–Trinajstić information content (AvgIpc) is 2.30. The van der Waals surface area contributed by atoms with E-state index in [9.17, 15) is 12.8 Å². The van der Waals surface area contributed by atoms with Gasteiger partial charge in [-0.2, -0.15) is 0 Å². The molecule has 1 aromatic carbocycles. The summed E-state index contributed by atoms with van der Waals surface area (Å²) in [5.41, 5.74) is 5.68. The normalized spacial score (nSPS) is 13.8. The van der Waals surface area contributed by atoms with Crippen molar-refractivity contribution in [3.8, 4) is 0 Å². The zero-order valence-corrected chi connectivity index (χ0v) is 12.5. The van der Waals surface area contributed by atoms with Crippen LogP contribution >= 0.6 is 0 Å². The summed E-state index contributed by atoms with van der Waals surface area (Å²) in [6, 6.07) is 2.39. The molecule has 1 unspecified atom stereocenters. The van der Waals surface area contributed by atoms with E-state index in [2.05, 4.69) is 4.72 Å². The van der Waals surface area contributed by atoms with Gasteiger partial charge >= 0.3 is 0 Å².